The lowest BCUT2D eigenvalue weighted by molar-refractivity contribution is -0.132. The van der Waals surface area contributed by atoms with E-state index in [1.165, 1.54) is 4.90 Å². The number of aromatic nitrogens is 1. The molecule has 0 saturated carbocycles. The number of hydrogen-bond acceptors (Lipinski definition) is 8. The number of aliphatic hydroxyl groups excluding tert-OH is 1. The number of rotatable bonds is 3. The number of aliphatic hydroxyl groups is 1. The largest absolute Gasteiger partial charge is 0.507 e. The van der Waals surface area contributed by atoms with Crippen molar-refractivity contribution in [1.82, 2.24) is 4.98 Å². The first-order valence-electron chi connectivity index (χ1n) is 10.1. The number of anilines is 1. The van der Waals surface area contributed by atoms with Gasteiger partial charge in [0.2, 0.25) is 13.6 Å². The summed E-state index contributed by atoms with van der Waals surface area (Å²) in [5.74, 6) is 0.136. The zero-order valence-corrected chi connectivity index (χ0v) is 17.1. The van der Waals surface area contributed by atoms with Crippen LogP contribution in [-0.4, -0.2) is 35.4 Å². The second-order valence-electron chi connectivity index (χ2n) is 7.56. The van der Waals surface area contributed by atoms with Gasteiger partial charge in [0.1, 0.15) is 5.76 Å². The SMILES string of the molecule is O=C1C(=O)N(c2ccc3c(c2)OCO3)C(c2ccncc2)/C1=C(\O)c1ccc2c(c1)OCO2. The zero-order chi connectivity index (χ0) is 22.5. The second kappa shape index (κ2) is 7.27. The molecule has 1 atom stereocenters. The summed E-state index contributed by atoms with van der Waals surface area (Å²) in [4.78, 5) is 31.8. The van der Waals surface area contributed by atoms with E-state index in [-0.39, 0.29) is 24.9 Å². The molecule has 1 saturated heterocycles. The van der Waals surface area contributed by atoms with Gasteiger partial charge in [0.15, 0.2) is 23.0 Å². The Labute approximate surface area is 187 Å². The Balaban J connectivity index is 1.52. The number of carbonyl (C=O) groups excluding carboxylic acids is 2. The average Bonchev–Trinajstić information content (AvgIpc) is 3.56. The maximum atomic E-state index is 13.2. The van der Waals surface area contributed by atoms with Gasteiger partial charge in [-0.1, -0.05) is 0 Å². The van der Waals surface area contributed by atoms with Crippen LogP contribution in [0.4, 0.5) is 5.69 Å². The smallest absolute Gasteiger partial charge is 0.300 e. The zero-order valence-electron chi connectivity index (χ0n) is 17.1. The highest BCUT2D eigenvalue weighted by atomic mass is 16.7. The molecule has 0 radical (unpaired) electrons. The number of pyridine rings is 1. The Morgan fingerprint density at radius 2 is 1.48 bits per heavy atom. The van der Waals surface area contributed by atoms with Gasteiger partial charge in [-0.05, 0) is 48.0 Å². The lowest BCUT2D eigenvalue weighted by Gasteiger charge is -2.25. The van der Waals surface area contributed by atoms with E-state index in [1.807, 2.05) is 0 Å². The van der Waals surface area contributed by atoms with Gasteiger partial charge in [0.05, 0.1) is 11.6 Å². The molecule has 1 unspecified atom stereocenters. The third-order valence-electron chi connectivity index (χ3n) is 5.75. The molecule has 4 heterocycles. The van der Waals surface area contributed by atoms with E-state index in [9.17, 15) is 14.7 Å². The summed E-state index contributed by atoms with van der Waals surface area (Å²) in [5.41, 5.74) is 1.35. The number of nitrogens with zero attached hydrogens (tertiary/aromatic N) is 2. The Morgan fingerprint density at radius 3 is 2.21 bits per heavy atom. The summed E-state index contributed by atoms with van der Waals surface area (Å²) >= 11 is 0. The van der Waals surface area contributed by atoms with Crippen LogP contribution in [0, 0.1) is 0 Å². The van der Waals surface area contributed by atoms with Crippen molar-refractivity contribution in [3.63, 3.8) is 0 Å². The number of amides is 1. The molecule has 1 N–H and O–H groups in total. The van der Waals surface area contributed by atoms with E-state index >= 15 is 0 Å². The summed E-state index contributed by atoms with van der Waals surface area (Å²) in [7, 11) is 0. The van der Waals surface area contributed by atoms with Crippen LogP contribution in [0.15, 0.2) is 66.5 Å². The van der Waals surface area contributed by atoms with Gasteiger partial charge in [0.25, 0.3) is 11.7 Å². The minimum Gasteiger partial charge on any atom is -0.507 e. The van der Waals surface area contributed by atoms with Crippen molar-refractivity contribution in [2.75, 3.05) is 18.5 Å². The molecule has 9 nitrogen and oxygen atoms in total. The van der Waals surface area contributed by atoms with Crippen molar-refractivity contribution < 1.29 is 33.6 Å². The Bertz CT molecular complexity index is 1340. The molecule has 1 fully saturated rings. The van der Waals surface area contributed by atoms with Gasteiger partial charge in [-0.15, -0.1) is 0 Å². The number of fused-ring (bicyclic) bond motifs is 2. The van der Waals surface area contributed by atoms with Crippen molar-refractivity contribution in [3.8, 4) is 23.0 Å². The lowest BCUT2D eigenvalue weighted by Crippen LogP contribution is -2.29. The summed E-state index contributed by atoms with van der Waals surface area (Å²) in [6.45, 7) is 0.153. The number of benzene rings is 2. The number of Topliss-reactive ketones (excluding diaryl/α,β-unsaturated/α-hetero) is 1. The molecule has 2 aromatic carbocycles. The predicted molar refractivity (Wildman–Crippen MR) is 114 cm³/mol. The first kappa shape index (κ1) is 19.2. The third-order valence-corrected chi connectivity index (χ3v) is 5.75. The summed E-state index contributed by atoms with van der Waals surface area (Å²) in [6, 6.07) is 12.3. The van der Waals surface area contributed by atoms with Crippen molar-refractivity contribution in [2.24, 2.45) is 0 Å². The van der Waals surface area contributed by atoms with Gasteiger partial charge in [-0.25, -0.2) is 0 Å². The van der Waals surface area contributed by atoms with Gasteiger partial charge in [-0.3, -0.25) is 19.5 Å². The Hall–Kier alpha value is -4.53. The lowest BCUT2D eigenvalue weighted by atomic mass is 9.95. The first-order valence-corrected chi connectivity index (χ1v) is 10.1. The van der Waals surface area contributed by atoms with Gasteiger partial charge in [0, 0.05) is 29.7 Å². The van der Waals surface area contributed by atoms with E-state index in [1.54, 1.807) is 60.9 Å². The molecule has 1 aromatic heterocycles. The van der Waals surface area contributed by atoms with E-state index < -0.39 is 17.7 Å². The van der Waals surface area contributed by atoms with Crippen LogP contribution in [0.25, 0.3) is 5.76 Å². The van der Waals surface area contributed by atoms with Crippen LogP contribution in [-0.2, 0) is 9.59 Å². The number of hydrogen-bond donors (Lipinski definition) is 1. The van der Waals surface area contributed by atoms with Gasteiger partial charge >= 0.3 is 0 Å². The highest BCUT2D eigenvalue weighted by Gasteiger charge is 2.47. The molecule has 0 aliphatic carbocycles. The fourth-order valence-electron chi connectivity index (χ4n) is 4.19. The van der Waals surface area contributed by atoms with Crippen LogP contribution in [0.3, 0.4) is 0 Å². The van der Waals surface area contributed by atoms with Gasteiger partial charge < -0.3 is 24.1 Å². The molecule has 9 heteroatoms. The first-order chi connectivity index (χ1) is 16.1. The van der Waals surface area contributed by atoms with Crippen LogP contribution < -0.4 is 23.8 Å². The van der Waals surface area contributed by atoms with Crippen LogP contribution in [0.5, 0.6) is 23.0 Å². The Morgan fingerprint density at radius 1 is 0.848 bits per heavy atom. The van der Waals surface area contributed by atoms with Crippen molar-refractivity contribution in [3.05, 3.63) is 77.6 Å². The molecular formula is C24H16N2O7. The van der Waals surface area contributed by atoms with Crippen LogP contribution in [0.1, 0.15) is 17.2 Å². The summed E-state index contributed by atoms with van der Waals surface area (Å²) in [5, 5.41) is 11.2. The van der Waals surface area contributed by atoms with E-state index in [0.29, 0.717) is 39.8 Å². The van der Waals surface area contributed by atoms with Crippen molar-refractivity contribution in [1.29, 1.82) is 0 Å². The topological polar surface area (TPSA) is 107 Å². The standard InChI is InChI=1S/C24H16N2O7/c27-22(14-1-3-16-18(9-14)32-11-30-16)20-21(13-5-7-25-8-6-13)26(24(29)23(20)28)15-2-4-17-19(10-15)33-12-31-17/h1-10,21,27H,11-12H2/b22-20+. The van der Waals surface area contributed by atoms with Crippen LogP contribution in [0.2, 0.25) is 0 Å². The number of ketones is 1. The quantitative estimate of drug-likeness (QED) is 0.373. The fourth-order valence-corrected chi connectivity index (χ4v) is 4.19. The van der Waals surface area contributed by atoms with E-state index in [0.717, 1.165) is 0 Å². The van der Waals surface area contributed by atoms with E-state index in [2.05, 4.69) is 4.98 Å². The molecule has 6 rings (SSSR count). The molecular weight excluding hydrogens is 428 g/mol. The van der Waals surface area contributed by atoms with Crippen molar-refractivity contribution in [2.45, 2.75) is 6.04 Å². The molecule has 33 heavy (non-hydrogen) atoms. The minimum absolute atomic E-state index is 0.0391. The third kappa shape index (κ3) is 2.97. The van der Waals surface area contributed by atoms with E-state index in [4.69, 9.17) is 18.9 Å². The molecule has 0 spiro atoms. The molecule has 1 amide bonds. The Kier molecular flexibility index (Phi) is 4.22. The maximum absolute atomic E-state index is 13.2. The van der Waals surface area contributed by atoms with Crippen LogP contribution >= 0.6 is 0 Å². The molecule has 0 bridgehead atoms. The molecule has 3 aliphatic heterocycles. The average molecular weight is 444 g/mol. The monoisotopic (exact) mass is 444 g/mol. The normalized spacial score (nSPS) is 19.9. The molecule has 164 valence electrons. The number of ether oxygens (including phenoxy) is 4. The number of carbonyl (C=O) groups is 2. The minimum atomic E-state index is -0.876. The second-order valence-corrected chi connectivity index (χ2v) is 7.56. The summed E-state index contributed by atoms with van der Waals surface area (Å²) in [6.07, 6.45) is 3.13. The molecule has 3 aromatic rings. The van der Waals surface area contributed by atoms with Gasteiger partial charge in [-0.2, -0.15) is 0 Å². The van der Waals surface area contributed by atoms with Crippen molar-refractivity contribution >= 4 is 23.1 Å². The summed E-state index contributed by atoms with van der Waals surface area (Å²) < 4.78 is 21.5. The molecule has 3 aliphatic rings. The highest BCUT2D eigenvalue weighted by Crippen LogP contribution is 2.45. The fraction of sp³-hybridized carbons (Fsp3) is 0.125. The maximum Gasteiger partial charge on any atom is 0.300 e. The highest BCUT2D eigenvalue weighted by molar-refractivity contribution is 6.51. The predicted octanol–water partition coefficient (Wildman–Crippen LogP) is 3.17.